The monoisotopic (exact) mass is 364 g/mol. The van der Waals surface area contributed by atoms with Crippen LogP contribution in [0.15, 0.2) is 54.9 Å². The lowest BCUT2D eigenvalue weighted by Gasteiger charge is -2.08. The Morgan fingerprint density at radius 3 is 2.37 bits per heavy atom. The molecule has 0 atom stereocenters. The lowest BCUT2D eigenvalue weighted by molar-refractivity contribution is 0.0953. The van der Waals surface area contributed by atoms with Crippen molar-refractivity contribution < 1.29 is 9.18 Å². The van der Waals surface area contributed by atoms with Crippen molar-refractivity contribution in [1.29, 1.82) is 0 Å². The Morgan fingerprint density at radius 1 is 1.00 bits per heavy atom. The lowest BCUT2D eigenvalue weighted by atomic mass is 10.1. The summed E-state index contributed by atoms with van der Waals surface area (Å²) in [6, 6.07) is 12.2. The summed E-state index contributed by atoms with van der Waals surface area (Å²) >= 11 is 0. The van der Waals surface area contributed by atoms with Crippen LogP contribution in [0.25, 0.3) is 0 Å². The zero-order valence-electron chi connectivity index (χ0n) is 15.3. The first-order chi connectivity index (χ1) is 13.0. The van der Waals surface area contributed by atoms with Gasteiger partial charge < -0.3 is 10.6 Å². The van der Waals surface area contributed by atoms with Crippen molar-refractivity contribution in [3.63, 3.8) is 0 Å². The van der Waals surface area contributed by atoms with Crippen molar-refractivity contribution >= 4 is 17.5 Å². The zero-order valence-corrected chi connectivity index (χ0v) is 15.3. The van der Waals surface area contributed by atoms with Crippen LogP contribution in [-0.2, 0) is 6.42 Å². The SMILES string of the molecule is Cc1ccc(Nc2ncc(C(=O)NCCc3ccc(F)cc3)cn2)cc1C. The van der Waals surface area contributed by atoms with Crippen molar-refractivity contribution in [2.45, 2.75) is 20.3 Å². The average molecular weight is 364 g/mol. The predicted octanol–water partition coefficient (Wildman–Crippen LogP) is 3.95. The van der Waals surface area contributed by atoms with E-state index in [1.807, 2.05) is 25.1 Å². The standard InChI is InChI=1S/C21H21FN4O/c1-14-3-8-19(11-15(14)2)26-21-24-12-17(13-25-21)20(27)23-10-9-16-4-6-18(22)7-5-16/h3-8,11-13H,9-10H2,1-2H3,(H,23,27)(H,24,25,26). The fourth-order valence-electron chi connectivity index (χ4n) is 2.53. The number of hydrogen-bond donors (Lipinski definition) is 2. The van der Waals surface area contributed by atoms with E-state index < -0.39 is 0 Å². The minimum absolute atomic E-state index is 0.241. The molecule has 0 fully saturated rings. The molecule has 0 saturated carbocycles. The molecule has 1 amide bonds. The Balaban J connectivity index is 1.53. The van der Waals surface area contributed by atoms with Gasteiger partial charge in [-0.1, -0.05) is 18.2 Å². The first-order valence-corrected chi connectivity index (χ1v) is 8.70. The predicted molar refractivity (Wildman–Crippen MR) is 104 cm³/mol. The largest absolute Gasteiger partial charge is 0.352 e. The Morgan fingerprint density at radius 2 is 1.70 bits per heavy atom. The van der Waals surface area contributed by atoms with E-state index >= 15 is 0 Å². The van der Waals surface area contributed by atoms with E-state index in [0.29, 0.717) is 24.5 Å². The highest BCUT2D eigenvalue weighted by atomic mass is 19.1. The molecule has 0 bridgehead atoms. The molecule has 0 aliphatic rings. The number of carbonyl (C=O) groups excluding carboxylic acids is 1. The van der Waals surface area contributed by atoms with Crippen molar-refractivity contribution in [3.8, 4) is 0 Å². The average Bonchev–Trinajstić information content (AvgIpc) is 2.67. The molecular weight excluding hydrogens is 343 g/mol. The van der Waals surface area contributed by atoms with Gasteiger partial charge in [-0.3, -0.25) is 4.79 Å². The van der Waals surface area contributed by atoms with Crippen LogP contribution in [0.3, 0.4) is 0 Å². The molecule has 2 aromatic carbocycles. The van der Waals surface area contributed by atoms with Gasteiger partial charge in [0.1, 0.15) is 5.82 Å². The topological polar surface area (TPSA) is 66.9 Å². The van der Waals surface area contributed by atoms with Crippen LogP contribution in [-0.4, -0.2) is 22.4 Å². The molecule has 0 aliphatic heterocycles. The minimum atomic E-state index is -0.269. The highest BCUT2D eigenvalue weighted by Crippen LogP contribution is 2.17. The number of carbonyl (C=O) groups is 1. The molecule has 1 heterocycles. The fraction of sp³-hybridized carbons (Fsp3) is 0.190. The summed E-state index contributed by atoms with van der Waals surface area (Å²) in [5.41, 5.74) is 4.64. The van der Waals surface area contributed by atoms with Gasteiger partial charge in [-0.2, -0.15) is 0 Å². The number of amides is 1. The molecule has 0 saturated heterocycles. The van der Waals surface area contributed by atoms with Crippen LogP contribution < -0.4 is 10.6 Å². The van der Waals surface area contributed by atoms with Gasteiger partial charge in [0.25, 0.3) is 5.91 Å². The number of halogens is 1. The second-order valence-corrected chi connectivity index (χ2v) is 6.35. The number of aromatic nitrogens is 2. The quantitative estimate of drug-likeness (QED) is 0.695. The number of benzene rings is 2. The maximum absolute atomic E-state index is 12.9. The van der Waals surface area contributed by atoms with Gasteiger partial charge in [-0.15, -0.1) is 0 Å². The van der Waals surface area contributed by atoms with E-state index in [-0.39, 0.29) is 11.7 Å². The van der Waals surface area contributed by atoms with Crippen molar-refractivity contribution in [2.24, 2.45) is 0 Å². The van der Waals surface area contributed by atoms with Gasteiger partial charge in [0.15, 0.2) is 0 Å². The van der Waals surface area contributed by atoms with Crippen molar-refractivity contribution in [3.05, 3.63) is 82.9 Å². The van der Waals surface area contributed by atoms with Crippen LogP contribution >= 0.6 is 0 Å². The zero-order chi connectivity index (χ0) is 19.2. The molecule has 3 aromatic rings. The van der Waals surface area contributed by atoms with Crippen LogP contribution in [0.4, 0.5) is 16.0 Å². The Bertz CT molecular complexity index is 924. The third-order valence-corrected chi connectivity index (χ3v) is 4.29. The highest BCUT2D eigenvalue weighted by Gasteiger charge is 2.07. The van der Waals surface area contributed by atoms with Gasteiger partial charge in [-0.05, 0) is 61.2 Å². The smallest absolute Gasteiger partial charge is 0.254 e. The molecule has 5 nitrogen and oxygen atoms in total. The second kappa shape index (κ2) is 8.40. The third kappa shape index (κ3) is 5.10. The molecule has 1 aromatic heterocycles. The van der Waals surface area contributed by atoms with Crippen molar-refractivity contribution in [1.82, 2.24) is 15.3 Å². The first-order valence-electron chi connectivity index (χ1n) is 8.70. The summed E-state index contributed by atoms with van der Waals surface area (Å²) < 4.78 is 12.9. The summed E-state index contributed by atoms with van der Waals surface area (Å²) in [7, 11) is 0. The first kappa shape index (κ1) is 18.5. The molecule has 138 valence electrons. The van der Waals surface area contributed by atoms with Crippen LogP contribution in [0.2, 0.25) is 0 Å². The van der Waals surface area contributed by atoms with E-state index in [9.17, 15) is 9.18 Å². The van der Waals surface area contributed by atoms with Gasteiger partial charge in [0.2, 0.25) is 5.95 Å². The number of hydrogen-bond acceptors (Lipinski definition) is 4. The van der Waals surface area contributed by atoms with Crippen LogP contribution in [0.1, 0.15) is 27.0 Å². The van der Waals surface area contributed by atoms with E-state index in [1.54, 1.807) is 12.1 Å². The molecule has 0 unspecified atom stereocenters. The maximum Gasteiger partial charge on any atom is 0.254 e. The molecule has 0 radical (unpaired) electrons. The van der Waals surface area contributed by atoms with E-state index in [0.717, 1.165) is 11.3 Å². The molecule has 2 N–H and O–H groups in total. The number of anilines is 2. The summed E-state index contributed by atoms with van der Waals surface area (Å²) in [6.45, 7) is 4.55. The molecule has 3 rings (SSSR count). The summed E-state index contributed by atoms with van der Waals surface area (Å²) in [5.74, 6) is -0.0783. The summed E-state index contributed by atoms with van der Waals surface area (Å²) in [5, 5.41) is 5.93. The van der Waals surface area contributed by atoms with Gasteiger partial charge in [0.05, 0.1) is 5.56 Å². The number of rotatable bonds is 6. The van der Waals surface area contributed by atoms with Crippen LogP contribution in [0.5, 0.6) is 0 Å². The third-order valence-electron chi connectivity index (χ3n) is 4.29. The molecule has 0 aliphatic carbocycles. The summed E-state index contributed by atoms with van der Waals surface area (Å²) in [6.07, 6.45) is 3.60. The van der Waals surface area contributed by atoms with Gasteiger partial charge >= 0.3 is 0 Å². The summed E-state index contributed by atoms with van der Waals surface area (Å²) in [4.78, 5) is 20.6. The van der Waals surface area contributed by atoms with Gasteiger partial charge in [0, 0.05) is 24.6 Å². The molecule has 0 spiro atoms. The molecular formula is C21H21FN4O. The van der Waals surface area contributed by atoms with Crippen LogP contribution in [0, 0.1) is 19.7 Å². The number of nitrogens with one attached hydrogen (secondary N) is 2. The fourth-order valence-corrected chi connectivity index (χ4v) is 2.53. The highest BCUT2D eigenvalue weighted by molar-refractivity contribution is 5.93. The Kier molecular flexibility index (Phi) is 5.76. The lowest BCUT2D eigenvalue weighted by Crippen LogP contribution is -2.26. The Hall–Kier alpha value is -3.28. The molecule has 27 heavy (non-hydrogen) atoms. The van der Waals surface area contributed by atoms with E-state index in [2.05, 4.69) is 27.5 Å². The number of nitrogens with zero attached hydrogens (tertiary/aromatic N) is 2. The molecule has 6 heteroatoms. The van der Waals surface area contributed by atoms with Gasteiger partial charge in [-0.25, -0.2) is 14.4 Å². The van der Waals surface area contributed by atoms with Crippen molar-refractivity contribution in [2.75, 3.05) is 11.9 Å². The second-order valence-electron chi connectivity index (χ2n) is 6.35. The minimum Gasteiger partial charge on any atom is -0.352 e. The van der Waals surface area contributed by atoms with E-state index in [4.69, 9.17) is 0 Å². The maximum atomic E-state index is 12.9. The number of aryl methyl sites for hydroxylation is 2. The Labute approximate surface area is 157 Å². The van der Waals surface area contributed by atoms with E-state index in [1.165, 1.54) is 35.7 Å². The normalized spacial score (nSPS) is 10.5.